The average molecular weight is 483 g/mol. The summed E-state index contributed by atoms with van der Waals surface area (Å²) in [6, 6.07) is 20.0. The van der Waals surface area contributed by atoms with E-state index in [2.05, 4.69) is 44.0 Å². The lowest BCUT2D eigenvalue weighted by atomic mass is 9.96. The molecule has 184 valence electrons. The maximum atomic E-state index is 5.93. The molecule has 8 heteroatoms. The van der Waals surface area contributed by atoms with Crippen molar-refractivity contribution in [3.05, 3.63) is 95.4 Å². The fraction of sp³-hybridized carbons (Fsp3) is 0.321. The van der Waals surface area contributed by atoms with Crippen LogP contribution in [-0.2, 0) is 0 Å². The number of benzene rings is 2. The van der Waals surface area contributed by atoms with Crippen LogP contribution in [0.15, 0.2) is 76.7 Å². The van der Waals surface area contributed by atoms with E-state index >= 15 is 0 Å². The van der Waals surface area contributed by atoms with Gasteiger partial charge in [-0.2, -0.15) is 9.97 Å². The highest BCUT2D eigenvalue weighted by Gasteiger charge is 2.27. The lowest BCUT2D eigenvalue weighted by Crippen LogP contribution is -2.34. The first-order valence-corrected chi connectivity index (χ1v) is 12.4. The van der Waals surface area contributed by atoms with Gasteiger partial charge in [0.1, 0.15) is 17.9 Å². The molecule has 1 fully saturated rings. The highest BCUT2D eigenvalue weighted by atomic mass is 16.6. The summed E-state index contributed by atoms with van der Waals surface area (Å²) in [5, 5.41) is 8.65. The van der Waals surface area contributed by atoms with E-state index in [1.165, 1.54) is 6.33 Å². The SMILES string of the molecule is Cc1c(ON=C(c2ccccc2)c2ccccc2)ncnc1N1CCC(c2nc(C(C)C)no2)CC1. The Kier molecular flexibility index (Phi) is 7.02. The summed E-state index contributed by atoms with van der Waals surface area (Å²) in [6.45, 7) is 7.79. The molecular weight excluding hydrogens is 452 g/mol. The molecule has 0 aliphatic carbocycles. The summed E-state index contributed by atoms with van der Waals surface area (Å²) >= 11 is 0. The molecule has 4 aromatic rings. The molecule has 0 atom stereocenters. The molecule has 0 unspecified atom stereocenters. The average Bonchev–Trinajstić information content (AvgIpc) is 3.42. The quantitative estimate of drug-likeness (QED) is 0.253. The topological polar surface area (TPSA) is 89.5 Å². The van der Waals surface area contributed by atoms with Gasteiger partial charge in [-0.15, -0.1) is 0 Å². The third-order valence-corrected chi connectivity index (χ3v) is 6.45. The first-order valence-electron chi connectivity index (χ1n) is 12.4. The lowest BCUT2D eigenvalue weighted by Gasteiger charge is -2.32. The fourth-order valence-corrected chi connectivity index (χ4v) is 4.37. The van der Waals surface area contributed by atoms with Crippen molar-refractivity contribution in [1.29, 1.82) is 0 Å². The van der Waals surface area contributed by atoms with Crippen LogP contribution in [-0.4, -0.2) is 38.9 Å². The summed E-state index contributed by atoms with van der Waals surface area (Å²) in [7, 11) is 0. The Morgan fingerprint density at radius 2 is 1.61 bits per heavy atom. The van der Waals surface area contributed by atoms with Gasteiger partial charge in [-0.05, 0) is 19.8 Å². The molecule has 2 aromatic carbocycles. The van der Waals surface area contributed by atoms with Gasteiger partial charge in [-0.1, -0.05) is 84.8 Å². The van der Waals surface area contributed by atoms with Crippen LogP contribution >= 0.6 is 0 Å². The second kappa shape index (κ2) is 10.7. The molecule has 36 heavy (non-hydrogen) atoms. The summed E-state index contributed by atoms with van der Waals surface area (Å²) < 4.78 is 5.54. The van der Waals surface area contributed by atoms with Crippen LogP contribution in [0.4, 0.5) is 5.82 Å². The Hall–Kier alpha value is -4.07. The van der Waals surface area contributed by atoms with Crippen LogP contribution in [0.5, 0.6) is 5.88 Å². The maximum absolute atomic E-state index is 5.93. The zero-order chi connectivity index (χ0) is 24.9. The zero-order valence-corrected chi connectivity index (χ0v) is 20.8. The molecule has 1 saturated heterocycles. The van der Waals surface area contributed by atoms with Crippen molar-refractivity contribution in [2.75, 3.05) is 18.0 Å². The van der Waals surface area contributed by atoms with Crippen LogP contribution in [0.3, 0.4) is 0 Å². The fourth-order valence-electron chi connectivity index (χ4n) is 4.37. The van der Waals surface area contributed by atoms with Gasteiger partial charge in [-0.3, -0.25) is 0 Å². The van der Waals surface area contributed by atoms with E-state index in [1.807, 2.05) is 67.6 Å². The van der Waals surface area contributed by atoms with Crippen molar-refractivity contribution >= 4 is 11.5 Å². The van der Waals surface area contributed by atoms with E-state index in [1.54, 1.807) is 0 Å². The Bertz CT molecular complexity index is 1270. The molecular formula is C28H30N6O2. The summed E-state index contributed by atoms with van der Waals surface area (Å²) in [5.41, 5.74) is 3.55. The molecule has 2 aromatic heterocycles. The van der Waals surface area contributed by atoms with Crippen molar-refractivity contribution in [1.82, 2.24) is 20.1 Å². The molecule has 0 N–H and O–H groups in total. The molecule has 0 radical (unpaired) electrons. The molecule has 8 nitrogen and oxygen atoms in total. The van der Waals surface area contributed by atoms with Crippen molar-refractivity contribution in [2.24, 2.45) is 5.16 Å². The minimum Gasteiger partial charge on any atom is -0.356 e. The lowest BCUT2D eigenvalue weighted by molar-refractivity contribution is 0.321. The van der Waals surface area contributed by atoms with E-state index < -0.39 is 0 Å². The Labute approximate surface area is 211 Å². The van der Waals surface area contributed by atoms with Gasteiger partial charge >= 0.3 is 0 Å². The normalized spacial score (nSPS) is 14.2. The van der Waals surface area contributed by atoms with Crippen LogP contribution in [0.25, 0.3) is 0 Å². The van der Waals surface area contributed by atoms with E-state index in [9.17, 15) is 0 Å². The summed E-state index contributed by atoms with van der Waals surface area (Å²) in [6.07, 6.45) is 3.38. The van der Waals surface area contributed by atoms with Gasteiger partial charge in [0.25, 0.3) is 5.88 Å². The number of rotatable bonds is 7. The second-order valence-electron chi connectivity index (χ2n) is 9.30. The van der Waals surface area contributed by atoms with E-state index in [0.717, 1.165) is 65.9 Å². The van der Waals surface area contributed by atoms with Crippen LogP contribution in [0, 0.1) is 6.92 Å². The number of oxime groups is 1. The number of piperidine rings is 1. The second-order valence-corrected chi connectivity index (χ2v) is 9.30. The predicted octanol–water partition coefficient (Wildman–Crippen LogP) is 5.51. The van der Waals surface area contributed by atoms with Crippen LogP contribution in [0.1, 0.15) is 66.9 Å². The number of hydrogen-bond donors (Lipinski definition) is 0. The minimum absolute atomic E-state index is 0.261. The Morgan fingerprint density at radius 1 is 0.972 bits per heavy atom. The van der Waals surface area contributed by atoms with Crippen LogP contribution in [0.2, 0.25) is 0 Å². The van der Waals surface area contributed by atoms with Gasteiger partial charge in [0.2, 0.25) is 5.89 Å². The number of hydrogen-bond acceptors (Lipinski definition) is 8. The van der Waals surface area contributed by atoms with E-state index in [-0.39, 0.29) is 11.8 Å². The Balaban J connectivity index is 1.33. The van der Waals surface area contributed by atoms with Crippen molar-refractivity contribution in [2.45, 2.75) is 45.4 Å². The number of aromatic nitrogens is 4. The standard InChI is InChI=1S/C28H30N6O2/c1-19(2)25-31-28(36-33-25)23-14-16-34(17-15-23)26-20(3)27(30-18-29-26)35-32-24(21-10-6-4-7-11-21)22-12-8-5-9-13-22/h4-13,18-19,23H,14-17H2,1-3H3. The number of anilines is 1. The molecule has 0 saturated carbocycles. The van der Waals surface area contributed by atoms with Gasteiger partial charge in [0.15, 0.2) is 5.82 Å². The van der Waals surface area contributed by atoms with E-state index in [0.29, 0.717) is 5.88 Å². The summed E-state index contributed by atoms with van der Waals surface area (Å²) in [5.74, 6) is 3.35. The predicted molar refractivity (Wildman–Crippen MR) is 138 cm³/mol. The first kappa shape index (κ1) is 23.7. The largest absolute Gasteiger partial charge is 0.356 e. The highest BCUT2D eigenvalue weighted by molar-refractivity contribution is 6.12. The molecule has 0 spiro atoms. The maximum Gasteiger partial charge on any atom is 0.256 e. The van der Waals surface area contributed by atoms with Crippen molar-refractivity contribution < 1.29 is 9.36 Å². The van der Waals surface area contributed by atoms with Gasteiger partial charge in [0, 0.05) is 36.1 Å². The first-order chi connectivity index (χ1) is 17.6. The van der Waals surface area contributed by atoms with Crippen LogP contribution < -0.4 is 9.74 Å². The van der Waals surface area contributed by atoms with Gasteiger partial charge in [0.05, 0.1) is 5.56 Å². The third-order valence-electron chi connectivity index (χ3n) is 6.45. The van der Waals surface area contributed by atoms with E-state index in [4.69, 9.17) is 9.36 Å². The van der Waals surface area contributed by atoms with Crippen molar-refractivity contribution in [3.63, 3.8) is 0 Å². The van der Waals surface area contributed by atoms with Gasteiger partial charge in [-0.25, -0.2) is 4.98 Å². The molecule has 1 aliphatic heterocycles. The zero-order valence-electron chi connectivity index (χ0n) is 20.8. The Morgan fingerprint density at radius 3 is 2.19 bits per heavy atom. The minimum atomic E-state index is 0.261. The van der Waals surface area contributed by atoms with Gasteiger partial charge < -0.3 is 14.3 Å². The molecule has 0 bridgehead atoms. The monoisotopic (exact) mass is 482 g/mol. The smallest absolute Gasteiger partial charge is 0.256 e. The molecule has 0 amide bonds. The third kappa shape index (κ3) is 5.12. The highest BCUT2D eigenvalue weighted by Crippen LogP contribution is 2.32. The van der Waals surface area contributed by atoms with Crippen molar-refractivity contribution in [3.8, 4) is 5.88 Å². The molecule has 3 heterocycles. The molecule has 1 aliphatic rings. The molecule has 5 rings (SSSR count). The number of nitrogens with zero attached hydrogens (tertiary/aromatic N) is 6. The summed E-state index contributed by atoms with van der Waals surface area (Å²) in [4.78, 5) is 21.7.